The van der Waals surface area contributed by atoms with E-state index in [0.717, 1.165) is 51.4 Å². The van der Waals surface area contributed by atoms with Gasteiger partial charge in [0, 0.05) is 12.2 Å². The second-order valence-electron chi connectivity index (χ2n) is 8.41. The summed E-state index contributed by atoms with van der Waals surface area (Å²) in [5.41, 5.74) is 5.35. The lowest BCUT2D eigenvalue weighted by Gasteiger charge is -2.31. The van der Waals surface area contributed by atoms with Crippen LogP contribution in [0.5, 0.6) is 0 Å². The van der Waals surface area contributed by atoms with E-state index in [-0.39, 0.29) is 12.4 Å². The third-order valence-electron chi connectivity index (χ3n) is 6.61. The van der Waals surface area contributed by atoms with Crippen LogP contribution < -0.4 is 0 Å². The van der Waals surface area contributed by atoms with Crippen molar-refractivity contribution in [2.24, 2.45) is 0 Å². The fourth-order valence-corrected chi connectivity index (χ4v) is 5.17. The van der Waals surface area contributed by atoms with Crippen LogP contribution in [0.15, 0.2) is 84.9 Å². The van der Waals surface area contributed by atoms with Crippen LogP contribution in [0.1, 0.15) is 51.5 Å². The molecule has 0 bridgehead atoms. The molecule has 0 saturated heterocycles. The molecule has 0 aromatic heterocycles. The fourth-order valence-electron chi connectivity index (χ4n) is 5.17. The summed E-state index contributed by atoms with van der Waals surface area (Å²) in [6, 6.07) is 29.1. The molecule has 1 N–H and O–H groups in total. The monoisotopic (exact) mass is 406 g/mol. The molecule has 31 heavy (non-hydrogen) atoms. The predicted octanol–water partition coefficient (Wildman–Crippen LogP) is 5.86. The second-order valence-corrected chi connectivity index (χ2v) is 8.41. The summed E-state index contributed by atoms with van der Waals surface area (Å²) >= 11 is 0. The highest BCUT2D eigenvalue weighted by atomic mass is 16.2. The number of aliphatic hydroxyl groups excluding tert-OH is 1. The van der Waals surface area contributed by atoms with Gasteiger partial charge in [-0.3, -0.25) is 4.79 Å². The van der Waals surface area contributed by atoms with Gasteiger partial charge in [-0.1, -0.05) is 98.3 Å². The van der Waals surface area contributed by atoms with Crippen molar-refractivity contribution in [3.63, 3.8) is 0 Å². The molecule has 1 unspecified atom stereocenters. The average molecular weight is 407 g/mol. The van der Waals surface area contributed by atoms with Crippen molar-refractivity contribution in [1.29, 1.82) is 0 Å². The quantitative estimate of drug-likeness (QED) is 0.436. The number of hydrogen-bond donors (Lipinski definition) is 1. The van der Waals surface area contributed by atoms with Gasteiger partial charge in [0.15, 0.2) is 5.78 Å². The summed E-state index contributed by atoms with van der Waals surface area (Å²) in [6.07, 6.45) is 2.75. The number of Topliss-reactive ketones (excluding diaryl/α,β-unsaturated/α-hetero) is 1. The first-order valence-electron chi connectivity index (χ1n) is 11.1. The van der Waals surface area contributed by atoms with Crippen molar-refractivity contribution < 1.29 is 9.90 Å². The molecule has 154 valence electrons. The lowest BCUT2D eigenvalue weighted by molar-refractivity contribution is 0.0945. The molecule has 0 saturated carbocycles. The average Bonchev–Trinajstić information content (AvgIpc) is 3.06. The van der Waals surface area contributed by atoms with E-state index in [0.29, 0.717) is 6.42 Å². The third kappa shape index (κ3) is 2.94. The normalized spacial score (nSPS) is 17.4. The van der Waals surface area contributed by atoms with Gasteiger partial charge in [0.1, 0.15) is 5.41 Å². The van der Waals surface area contributed by atoms with E-state index in [4.69, 9.17) is 0 Å². The van der Waals surface area contributed by atoms with Crippen molar-refractivity contribution in [2.45, 2.75) is 31.6 Å². The van der Waals surface area contributed by atoms with Crippen molar-refractivity contribution >= 4 is 16.6 Å². The fraction of sp³-hybridized carbons (Fsp3) is 0.207. The molecule has 0 heterocycles. The number of carbonyl (C=O) groups is 1. The Morgan fingerprint density at radius 2 is 1.32 bits per heavy atom. The molecule has 1 aliphatic rings. The molecule has 2 nitrogen and oxygen atoms in total. The van der Waals surface area contributed by atoms with Gasteiger partial charge in [-0.05, 0) is 51.4 Å². The summed E-state index contributed by atoms with van der Waals surface area (Å²) in [5, 5.41) is 11.5. The van der Waals surface area contributed by atoms with Crippen LogP contribution in [0.4, 0.5) is 0 Å². The maximum Gasteiger partial charge on any atom is 0.182 e. The zero-order chi connectivity index (χ0) is 21.4. The number of rotatable bonds is 6. The summed E-state index contributed by atoms with van der Waals surface area (Å²) < 4.78 is 0. The van der Waals surface area contributed by atoms with Gasteiger partial charge in [0.2, 0.25) is 0 Å². The molecule has 0 spiro atoms. The van der Waals surface area contributed by atoms with Crippen LogP contribution in [0.25, 0.3) is 10.8 Å². The van der Waals surface area contributed by atoms with Gasteiger partial charge < -0.3 is 5.11 Å². The standard InChI is InChI=1S/C29H26O2/c1-2-5-20-10-14-23(15-11-20)29(24-16-12-21(13-17-24)18-19-30)26-9-4-7-22-6-3-8-25(27(22)26)28(29)31/h3-4,6-17,30H,2,5,18-19H2,1H3. The maximum absolute atomic E-state index is 14.2. The first kappa shape index (κ1) is 19.7. The third-order valence-corrected chi connectivity index (χ3v) is 6.61. The minimum absolute atomic E-state index is 0.118. The topological polar surface area (TPSA) is 37.3 Å². The van der Waals surface area contributed by atoms with E-state index in [1.807, 2.05) is 24.3 Å². The van der Waals surface area contributed by atoms with Gasteiger partial charge in [-0.25, -0.2) is 0 Å². The van der Waals surface area contributed by atoms with Crippen LogP contribution in [-0.4, -0.2) is 17.5 Å². The molecule has 4 aromatic carbocycles. The number of hydrogen-bond acceptors (Lipinski definition) is 2. The summed E-state index contributed by atoms with van der Waals surface area (Å²) in [4.78, 5) is 14.2. The van der Waals surface area contributed by atoms with E-state index >= 15 is 0 Å². The molecular weight excluding hydrogens is 380 g/mol. The zero-order valence-electron chi connectivity index (χ0n) is 17.8. The van der Waals surface area contributed by atoms with Crippen molar-refractivity contribution in [1.82, 2.24) is 0 Å². The maximum atomic E-state index is 14.2. The van der Waals surface area contributed by atoms with Crippen LogP contribution >= 0.6 is 0 Å². The molecule has 5 rings (SSSR count). The van der Waals surface area contributed by atoms with E-state index in [1.54, 1.807) is 0 Å². The number of benzene rings is 4. The Morgan fingerprint density at radius 3 is 1.90 bits per heavy atom. The predicted molar refractivity (Wildman–Crippen MR) is 126 cm³/mol. The summed E-state index contributed by atoms with van der Waals surface area (Å²) in [6.45, 7) is 2.30. The van der Waals surface area contributed by atoms with Crippen molar-refractivity contribution in [3.8, 4) is 0 Å². The van der Waals surface area contributed by atoms with Gasteiger partial charge in [0.25, 0.3) is 0 Å². The van der Waals surface area contributed by atoms with E-state index in [1.165, 1.54) is 5.56 Å². The largest absolute Gasteiger partial charge is 0.396 e. The molecule has 1 atom stereocenters. The Bertz CT molecular complexity index is 1200. The molecule has 0 amide bonds. The van der Waals surface area contributed by atoms with Gasteiger partial charge >= 0.3 is 0 Å². The first-order valence-corrected chi connectivity index (χ1v) is 11.1. The molecule has 0 radical (unpaired) electrons. The highest BCUT2D eigenvalue weighted by molar-refractivity contribution is 6.23. The number of carbonyl (C=O) groups excluding carboxylic acids is 1. The number of aryl methyl sites for hydroxylation is 1. The highest BCUT2D eigenvalue weighted by Crippen LogP contribution is 2.50. The van der Waals surface area contributed by atoms with Crippen LogP contribution in [-0.2, 0) is 18.3 Å². The van der Waals surface area contributed by atoms with Crippen LogP contribution in [0, 0.1) is 0 Å². The van der Waals surface area contributed by atoms with E-state index < -0.39 is 5.41 Å². The molecule has 0 aliphatic heterocycles. The van der Waals surface area contributed by atoms with Crippen molar-refractivity contribution in [2.75, 3.05) is 6.61 Å². The zero-order valence-corrected chi connectivity index (χ0v) is 17.8. The minimum Gasteiger partial charge on any atom is -0.396 e. The Balaban J connectivity index is 1.79. The van der Waals surface area contributed by atoms with Crippen LogP contribution in [0.2, 0.25) is 0 Å². The van der Waals surface area contributed by atoms with Gasteiger partial charge in [-0.2, -0.15) is 0 Å². The molecular formula is C29H26O2. The van der Waals surface area contributed by atoms with Crippen molar-refractivity contribution in [3.05, 3.63) is 118 Å². The first-order chi connectivity index (χ1) is 15.2. The van der Waals surface area contributed by atoms with E-state index in [9.17, 15) is 9.90 Å². The number of ketones is 1. The molecule has 4 aromatic rings. The Kier molecular flexibility index (Phi) is 4.95. The lowest BCUT2D eigenvalue weighted by atomic mass is 9.68. The lowest BCUT2D eigenvalue weighted by Crippen LogP contribution is -2.35. The van der Waals surface area contributed by atoms with E-state index in [2.05, 4.69) is 67.6 Å². The summed E-state index contributed by atoms with van der Waals surface area (Å²) in [5.74, 6) is 0.137. The SMILES string of the molecule is CCCc1ccc(C2(c3ccc(CCO)cc3)C(=O)c3cccc4cccc2c34)cc1. The molecule has 2 heteroatoms. The van der Waals surface area contributed by atoms with Crippen LogP contribution in [0.3, 0.4) is 0 Å². The summed E-state index contributed by atoms with van der Waals surface area (Å²) in [7, 11) is 0. The Hall–Kier alpha value is -3.23. The number of aliphatic hydroxyl groups is 1. The minimum atomic E-state index is -0.855. The Morgan fingerprint density at radius 1 is 0.742 bits per heavy atom. The second kappa shape index (κ2) is 7.79. The smallest absolute Gasteiger partial charge is 0.182 e. The van der Waals surface area contributed by atoms with Gasteiger partial charge in [0.05, 0.1) is 0 Å². The Labute approximate surface area is 183 Å². The molecule has 0 fully saturated rings. The molecule has 1 aliphatic carbocycles. The van der Waals surface area contributed by atoms with Gasteiger partial charge in [-0.15, -0.1) is 0 Å². The highest BCUT2D eigenvalue weighted by Gasteiger charge is 2.49.